The first-order valence-electron chi connectivity index (χ1n) is 6.73. The summed E-state index contributed by atoms with van der Waals surface area (Å²) in [6.45, 7) is 2.67. The van der Waals surface area contributed by atoms with Crippen LogP contribution in [0.5, 0.6) is 0 Å². The van der Waals surface area contributed by atoms with Gasteiger partial charge in [0.15, 0.2) is 0 Å². The largest absolute Gasteiger partial charge is 0.481 e. The van der Waals surface area contributed by atoms with Crippen molar-refractivity contribution in [1.29, 1.82) is 0 Å². The summed E-state index contributed by atoms with van der Waals surface area (Å²) in [6.07, 6.45) is 0. The van der Waals surface area contributed by atoms with Crippen molar-refractivity contribution in [3.63, 3.8) is 0 Å². The molecular formula is C15H17NO4. The van der Waals surface area contributed by atoms with Gasteiger partial charge >= 0.3 is 5.97 Å². The molecule has 5 nitrogen and oxygen atoms in total. The van der Waals surface area contributed by atoms with Crippen molar-refractivity contribution in [1.82, 2.24) is 4.90 Å². The summed E-state index contributed by atoms with van der Waals surface area (Å²) < 4.78 is 11.1. The van der Waals surface area contributed by atoms with Crippen LogP contribution in [0.3, 0.4) is 0 Å². The summed E-state index contributed by atoms with van der Waals surface area (Å²) in [5.41, 5.74) is 0.864. The van der Waals surface area contributed by atoms with Gasteiger partial charge < -0.3 is 14.3 Å². The summed E-state index contributed by atoms with van der Waals surface area (Å²) in [4.78, 5) is 13.2. The highest BCUT2D eigenvalue weighted by molar-refractivity contribution is 5.77. The predicted molar refractivity (Wildman–Crippen MR) is 73.4 cm³/mol. The molecule has 3 rings (SSSR count). The Hall–Kier alpha value is -1.85. The van der Waals surface area contributed by atoms with Crippen LogP contribution < -0.4 is 0 Å². The second-order valence-corrected chi connectivity index (χ2v) is 5.10. The number of fused-ring (bicyclic) bond motifs is 1. The van der Waals surface area contributed by atoms with Crippen LogP contribution in [0.2, 0.25) is 0 Å². The second kappa shape index (κ2) is 5.64. The lowest BCUT2D eigenvalue weighted by Gasteiger charge is -2.19. The first-order chi connectivity index (χ1) is 9.72. The average molecular weight is 275 g/mol. The van der Waals surface area contributed by atoms with E-state index >= 15 is 0 Å². The van der Waals surface area contributed by atoms with Gasteiger partial charge in [-0.05, 0) is 12.1 Å². The van der Waals surface area contributed by atoms with E-state index in [2.05, 4.69) is 4.90 Å². The van der Waals surface area contributed by atoms with Crippen LogP contribution in [0, 0.1) is 5.92 Å². The first-order valence-corrected chi connectivity index (χ1v) is 6.73. The zero-order chi connectivity index (χ0) is 13.9. The van der Waals surface area contributed by atoms with E-state index in [1.807, 2.05) is 30.3 Å². The molecule has 1 aliphatic heterocycles. The smallest absolute Gasteiger partial charge is 0.310 e. The standard InChI is InChI=1S/C15H17NO4/c17-15(18)12-8-16(5-6-19-10-12)9-13-7-11-3-1-2-4-14(11)20-13/h1-4,7,12H,5-6,8-10H2,(H,17,18). The summed E-state index contributed by atoms with van der Waals surface area (Å²) in [5, 5.41) is 10.2. The number of carbonyl (C=O) groups is 1. The second-order valence-electron chi connectivity index (χ2n) is 5.10. The molecule has 1 aromatic heterocycles. The molecule has 1 saturated heterocycles. The van der Waals surface area contributed by atoms with Gasteiger partial charge in [-0.1, -0.05) is 18.2 Å². The summed E-state index contributed by atoms with van der Waals surface area (Å²) in [5.74, 6) is -0.416. The molecule has 1 atom stereocenters. The zero-order valence-corrected chi connectivity index (χ0v) is 11.1. The highest BCUT2D eigenvalue weighted by atomic mass is 16.5. The molecule has 106 valence electrons. The quantitative estimate of drug-likeness (QED) is 0.927. The molecule has 0 radical (unpaired) electrons. The minimum Gasteiger partial charge on any atom is -0.481 e. The molecule has 1 N–H and O–H groups in total. The molecule has 20 heavy (non-hydrogen) atoms. The number of hydrogen-bond acceptors (Lipinski definition) is 4. The summed E-state index contributed by atoms with van der Waals surface area (Å²) in [7, 11) is 0. The highest BCUT2D eigenvalue weighted by Gasteiger charge is 2.24. The molecule has 1 aromatic carbocycles. The maximum absolute atomic E-state index is 11.1. The minimum atomic E-state index is -0.804. The third-order valence-electron chi connectivity index (χ3n) is 3.55. The van der Waals surface area contributed by atoms with E-state index in [0.29, 0.717) is 19.7 Å². The molecule has 0 amide bonds. The molecule has 0 saturated carbocycles. The Bertz CT molecular complexity index is 574. The molecule has 2 aromatic rings. The number of nitrogens with zero attached hydrogens (tertiary/aromatic N) is 1. The van der Waals surface area contributed by atoms with Gasteiger partial charge in [0.2, 0.25) is 0 Å². The lowest BCUT2D eigenvalue weighted by Crippen LogP contribution is -2.33. The van der Waals surface area contributed by atoms with Crippen LogP contribution in [-0.2, 0) is 16.1 Å². The number of carboxylic acid groups (broad SMARTS) is 1. The minimum absolute atomic E-state index is 0.284. The van der Waals surface area contributed by atoms with Crippen molar-refractivity contribution in [2.75, 3.05) is 26.3 Å². The van der Waals surface area contributed by atoms with Crippen molar-refractivity contribution < 1.29 is 19.1 Å². The lowest BCUT2D eigenvalue weighted by molar-refractivity contribution is -0.143. The van der Waals surface area contributed by atoms with Gasteiger partial charge in [0.1, 0.15) is 11.3 Å². The molecule has 5 heteroatoms. The fourth-order valence-electron chi connectivity index (χ4n) is 2.50. The molecule has 0 aliphatic carbocycles. The van der Waals surface area contributed by atoms with E-state index in [-0.39, 0.29) is 6.61 Å². The van der Waals surface area contributed by atoms with Crippen LogP contribution in [0.4, 0.5) is 0 Å². The Morgan fingerprint density at radius 1 is 1.40 bits per heavy atom. The van der Waals surface area contributed by atoms with Gasteiger partial charge in [-0.25, -0.2) is 0 Å². The van der Waals surface area contributed by atoms with E-state index in [9.17, 15) is 4.79 Å². The molecule has 0 bridgehead atoms. The van der Waals surface area contributed by atoms with Crippen molar-refractivity contribution in [2.45, 2.75) is 6.54 Å². The summed E-state index contributed by atoms with van der Waals surface area (Å²) >= 11 is 0. The van der Waals surface area contributed by atoms with Gasteiger partial charge in [-0.2, -0.15) is 0 Å². The number of benzene rings is 1. The number of rotatable bonds is 3. The molecular weight excluding hydrogens is 258 g/mol. The number of carboxylic acids is 1. The van der Waals surface area contributed by atoms with E-state index in [4.69, 9.17) is 14.3 Å². The van der Waals surface area contributed by atoms with Gasteiger partial charge in [-0.3, -0.25) is 9.69 Å². The predicted octanol–water partition coefficient (Wildman–Crippen LogP) is 1.97. The van der Waals surface area contributed by atoms with Gasteiger partial charge in [-0.15, -0.1) is 0 Å². The Balaban J connectivity index is 1.73. The third-order valence-corrected chi connectivity index (χ3v) is 3.55. The van der Waals surface area contributed by atoms with Crippen LogP contribution in [0.1, 0.15) is 5.76 Å². The Kier molecular flexibility index (Phi) is 3.71. The van der Waals surface area contributed by atoms with Gasteiger partial charge in [0.25, 0.3) is 0 Å². The molecule has 1 aliphatic rings. The topological polar surface area (TPSA) is 62.9 Å². The van der Waals surface area contributed by atoms with E-state index in [0.717, 1.165) is 23.3 Å². The maximum atomic E-state index is 11.1. The SMILES string of the molecule is O=C(O)C1COCCN(Cc2cc3ccccc3o2)C1. The number of furan rings is 1. The average Bonchev–Trinajstić information content (AvgIpc) is 2.68. The van der Waals surface area contributed by atoms with Crippen LogP contribution >= 0.6 is 0 Å². The van der Waals surface area contributed by atoms with Crippen molar-refractivity contribution >= 4 is 16.9 Å². The molecule has 0 spiro atoms. The normalized spacial score (nSPS) is 20.9. The first kappa shape index (κ1) is 13.1. The molecule has 2 heterocycles. The van der Waals surface area contributed by atoms with Crippen molar-refractivity contribution in [2.24, 2.45) is 5.92 Å². The number of para-hydroxylation sites is 1. The monoisotopic (exact) mass is 275 g/mol. The fourth-order valence-corrected chi connectivity index (χ4v) is 2.50. The number of hydrogen-bond donors (Lipinski definition) is 1. The van der Waals surface area contributed by atoms with E-state index in [1.54, 1.807) is 0 Å². The lowest BCUT2D eigenvalue weighted by atomic mass is 10.1. The fraction of sp³-hybridized carbons (Fsp3) is 0.400. The van der Waals surface area contributed by atoms with E-state index in [1.165, 1.54) is 0 Å². The van der Waals surface area contributed by atoms with Crippen LogP contribution in [-0.4, -0.2) is 42.3 Å². The van der Waals surface area contributed by atoms with Crippen LogP contribution in [0.25, 0.3) is 11.0 Å². The molecule has 1 unspecified atom stereocenters. The van der Waals surface area contributed by atoms with Crippen molar-refractivity contribution in [3.05, 3.63) is 36.1 Å². The Morgan fingerprint density at radius 2 is 2.25 bits per heavy atom. The Morgan fingerprint density at radius 3 is 3.05 bits per heavy atom. The highest BCUT2D eigenvalue weighted by Crippen LogP contribution is 2.20. The van der Waals surface area contributed by atoms with Crippen LogP contribution in [0.15, 0.2) is 34.7 Å². The van der Waals surface area contributed by atoms with Gasteiger partial charge in [0.05, 0.1) is 25.7 Å². The zero-order valence-electron chi connectivity index (χ0n) is 11.1. The summed E-state index contributed by atoms with van der Waals surface area (Å²) in [6, 6.07) is 9.87. The van der Waals surface area contributed by atoms with E-state index < -0.39 is 11.9 Å². The Labute approximate surface area is 116 Å². The number of ether oxygens (including phenoxy) is 1. The number of aliphatic carboxylic acids is 1. The van der Waals surface area contributed by atoms with Crippen molar-refractivity contribution in [3.8, 4) is 0 Å². The maximum Gasteiger partial charge on any atom is 0.310 e. The third kappa shape index (κ3) is 2.84. The van der Waals surface area contributed by atoms with Gasteiger partial charge in [0, 0.05) is 18.5 Å². The molecule has 1 fully saturated rings.